The van der Waals surface area contributed by atoms with Crippen LogP contribution in [0.2, 0.25) is 0 Å². The number of hydrogen-bond acceptors (Lipinski definition) is 11. The van der Waals surface area contributed by atoms with E-state index in [1.807, 2.05) is 29.1 Å². The Morgan fingerprint density at radius 2 is 2.14 bits per heavy atom. The number of oxime groups is 1. The second-order valence-corrected chi connectivity index (χ2v) is 10.4. The molecule has 0 unspecified atom stereocenters. The van der Waals surface area contributed by atoms with Crippen molar-refractivity contribution in [3.05, 3.63) is 58.4 Å². The Morgan fingerprint density at radius 3 is 2.75 bits per heavy atom. The summed E-state index contributed by atoms with van der Waals surface area (Å²) >= 11 is 3.76. The minimum absolute atomic E-state index is 0.0404. The van der Waals surface area contributed by atoms with Gasteiger partial charge in [0.05, 0.1) is 0 Å². The summed E-state index contributed by atoms with van der Waals surface area (Å²) in [7, 11) is 0. The van der Waals surface area contributed by atoms with Crippen LogP contribution in [0.4, 0.5) is 5.13 Å². The van der Waals surface area contributed by atoms with E-state index in [0.717, 1.165) is 21.1 Å². The summed E-state index contributed by atoms with van der Waals surface area (Å²) in [6, 6.07) is 2.76. The molecule has 15 heteroatoms. The molecule has 2 atom stereocenters. The van der Waals surface area contributed by atoms with E-state index in [0.29, 0.717) is 17.9 Å². The fraction of sp³-hybridized carbons (Fsp3) is 0.238. The van der Waals surface area contributed by atoms with Gasteiger partial charge >= 0.3 is 5.97 Å². The fourth-order valence-corrected chi connectivity index (χ4v) is 6.11. The molecular formula is C21H21N6O6S3+. The van der Waals surface area contributed by atoms with Crippen LogP contribution >= 0.6 is 34.9 Å². The van der Waals surface area contributed by atoms with E-state index < -0.39 is 34.9 Å². The van der Waals surface area contributed by atoms with Crippen LogP contribution in [0.5, 0.6) is 0 Å². The molecule has 0 aromatic carbocycles. The third kappa shape index (κ3) is 5.23. The molecule has 0 saturated carbocycles. The molecule has 1 fully saturated rings. The number of nitrogens with one attached hydrogen (secondary N) is 1. The zero-order valence-electron chi connectivity index (χ0n) is 18.5. The predicted molar refractivity (Wildman–Crippen MR) is 133 cm³/mol. The van der Waals surface area contributed by atoms with Crippen LogP contribution in [0.15, 0.2) is 62.7 Å². The highest BCUT2D eigenvalue weighted by molar-refractivity contribution is 8.02. The van der Waals surface area contributed by atoms with E-state index in [-0.39, 0.29) is 23.1 Å². The molecule has 4 heterocycles. The number of amides is 2. The maximum absolute atomic E-state index is 12.8. The molecule has 1 saturated heterocycles. The number of aliphatic hydroxyl groups excluding tert-OH is 1. The lowest BCUT2D eigenvalue weighted by Crippen LogP contribution is -2.71. The number of carbonyl (C=O) groups excluding carboxylic acids is 2. The first-order valence-corrected chi connectivity index (χ1v) is 13.2. The lowest BCUT2D eigenvalue weighted by Gasteiger charge is -2.49. The highest BCUT2D eigenvalue weighted by Crippen LogP contribution is 2.41. The standard InChI is InChI=1S/C21H20N6O6S3/c22-21-23-13(10-36-21)14(25-33)17(29)24-15-18(30)27-16(20(31)32)11(9-35-19(15)27)3-8-34-12-1-4-26(5-2-12)6-7-28/h1-5,8,10,15,19,28H,6-7,9H2,(H4-,22,23,24,29,31,32,33)/p+1/b8-3+/t15-,19-/m1/s1. The van der Waals surface area contributed by atoms with Crippen molar-refractivity contribution in [2.45, 2.75) is 22.9 Å². The highest BCUT2D eigenvalue weighted by atomic mass is 32.2. The number of nitrogens with two attached hydrogens (primary N) is 1. The van der Waals surface area contributed by atoms with Gasteiger partial charge in [0, 0.05) is 28.2 Å². The van der Waals surface area contributed by atoms with Gasteiger partial charge in [0.25, 0.3) is 11.8 Å². The van der Waals surface area contributed by atoms with Gasteiger partial charge in [-0.15, -0.1) is 23.1 Å². The Kier molecular flexibility index (Phi) is 7.93. The average Bonchev–Trinajstić information content (AvgIpc) is 3.29. The smallest absolute Gasteiger partial charge is 0.352 e. The predicted octanol–water partition coefficient (Wildman–Crippen LogP) is 0.228. The van der Waals surface area contributed by atoms with E-state index in [1.165, 1.54) is 28.9 Å². The average molecular weight is 550 g/mol. The van der Waals surface area contributed by atoms with Gasteiger partial charge < -0.3 is 26.5 Å². The molecule has 2 aromatic heterocycles. The number of nitrogen functional groups attached to an aromatic ring is 1. The van der Waals surface area contributed by atoms with Crippen molar-refractivity contribution in [3.8, 4) is 0 Å². The van der Waals surface area contributed by atoms with Crippen molar-refractivity contribution < 1.29 is 34.4 Å². The summed E-state index contributed by atoms with van der Waals surface area (Å²) in [6.45, 7) is 0.533. The summed E-state index contributed by atoms with van der Waals surface area (Å²) in [5.74, 6) is -2.34. The summed E-state index contributed by atoms with van der Waals surface area (Å²) < 4.78 is 1.84. The zero-order chi connectivity index (χ0) is 25.8. The van der Waals surface area contributed by atoms with Gasteiger partial charge in [-0.25, -0.2) is 14.3 Å². The third-order valence-electron chi connectivity index (χ3n) is 5.26. The van der Waals surface area contributed by atoms with Gasteiger partial charge in [-0.3, -0.25) is 14.5 Å². The van der Waals surface area contributed by atoms with Crippen LogP contribution in [0, 0.1) is 0 Å². The van der Waals surface area contributed by atoms with Gasteiger partial charge in [-0.2, -0.15) is 0 Å². The van der Waals surface area contributed by atoms with Crippen LogP contribution in [0.3, 0.4) is 0 Å². The molecule has 6 N–H and O–H groups in total. The highest BCUT2D eigenvalue weighted by Gasteiger charge is 2.54. The number of allylic oxidation sites excluding steroid dienone is 1. The van der Waals surface area contributed by atoms with Gasteiger partial charge in [-0.05, 0) is 17.1 Å². The Morgan fingerprint density at radius 1 is 1.39 bits per heavy atom. The number of pyridine rings is 1. The molecule has 0 bridgehead atoms. The first-order valence-electron chi connectivity index (χ1n) is 10.4. The number of carbonyl (C=O) groups is 3. The molecule has 0 spiro atoms. The number of fused-ring (bicyclic) bond motifs is 1. The summed E-state index contributed by atoms with van der Waals surface area (Å²) in [5, 5.41) is 36.3. The molecule has 2 aliphatic rings. The van der Waals surface area contributed by atoms with Crippen LogP contribution in [0.1, 0.15) is 5.69 Å². The van der Waals surface area contributed by atoms with Crippen molar-refractivity contribution in [1.29, 1.82) is 0 Å². The monoisotopic (exact) mass is 549 g/mol. The maximum Gasteiger partial charge on any atom is 0.352 e. The number of hydrogen-bond donors (Lipinski definition) is 5. The minimum atomic E-state index is -1.25. The van der Waals surface area contributed by atoms with Crippen molar-refractivity contribution in [2.24, 2.45) is 5.16 Å². The molecular weight excluding hydrogens is 528 g/mol. The number of nitrogens with zero attached hydrogens (tertiary/aromatic N) is 4. The Balaban J connectivity index is 1.45. The molecule has 4 rings (SSSR count). The van der Waals surface area contributed by atoms with Crippen molar-refractivity contribution in [3.63, 3.8) is 0 Å². The van der Waals surface area contributed by atoms with E-state index >= 15 is 0 Å². The SMILES string of the molecule is Nc1nc(/C(=N\O)C(=O)N[C@@H]2C(=O)N3C(C(=O)O)=C(/C=C/Sc4cc[n+](CCO)cc4)CS[C@H]23)cs1. The number of anilines is 1. The van der Waals surface area contributed by atoms with Gasteiger partial charge in [0.15, 0.2) is 29.8 Å². The second-order valence-electron chi connectivity index (χ2n) is 7.48. The number of aliphatic carboxylic acids is 1. The number of rotatable bonds is 9. The zero-order valence-corrected chi connectivity index (χ0v) is 20.9. The molecule has 36 heavy (non-hydrogen) atoms. The van der Waals surface area contributed by atoms with E-state index in [9.17, 15) is 24.7 Å². The van der Waals surface area contributed by atoms with Crippen LogP contribution in [-0.4, -0.2) is 72.6 Å². The number of carboxylic acids is 1. The summed E-state index contributed by atoms with van der Waals surface area (Å²) in [4.78, 5) is 43.4. The third-order valence-corrected chi connectivity index (χ3v) is 8.05. The molecule has 2 aromatic rings. The molecule has 0 radical (unpaired) electrons. The van der Waals surface area contributed by atoms with E-state index in [1.54, 1.807) is 11.5 Å². The van der Waals surface area contributed by atoms with Crippen LogP contribution in [0.25, 0.3) is 0 Å². The van der Waals surface area contributed by atoms with Crippen LogP contribution < -0.4 is 15.6 Å². The van der Waals surface area contributed by atoms with Crippen LogP contribution in [-0.2, 0) is 20.9 Å². The number of aromatic nitrogens is 2. The second kappa shape index (κ2) is 11.1. The number of thioether (sulfide) groups is 2. The Hall–Kier alpha value is -3.40. The Labute approximate surface area is 217 Å². The van der Waals surface area contributed by atoms with Crippen molar-refractivity contribution >= 4 is 63.5 Å². The molecule has 2 amide bonds. The summed E-state index contributed by atoms with van der Waals surface area (Å²) in [6.07, 6.45) is 5.33. The van der Waals surface area contributed by atoms with E-state index in [4.69, 9.17) is 10.8 Å². The first kappa shape index (κ1) is 25.7. The van der Waals surface area contributed by atoms with E-state index in [2.05, 4.69) is 15.5 Å². The minimum Gasteiger partial charge on any atom is -0.477 e. The van der Waals surface area contributed by atoms with Crippen molar-refractivity contribution in [2.75, 3.05) is 18.1 Å². The lowest BCUT2D eigenvalue weighted by molar-refractivity contribution is -0.698. The Bertz CT molecular complexity index is 1280. The summed E-state index contributed by atoms with van der Waals surface area (Å²) in [5.41, 5.74) is 5.56. The largest absolute Gasteiger partial charge is 0.477 e. The molecule has 0 aliphatic carbocycles. The first-order chi connectivity index (χ1) is 17.3. The van der Waals surface area contributed by atoms with Gasteiger partial charge in [0.2, 0.25) is 0 Å². The fourth-order valence-electron chi connectivity index (χ4n) is 3.57. The van der Waals surface area contributed by atoms with Gasteiger partial charge in [-0.1, -0.05) is 16.9 Å². The number of aliphatic hydroxyl groups is 1. The number of thiazole rings is 1. The normalized spacial score (nSPS) is 19.9. The number of β-lactam (4-membered cyclic amide) rings is 1. The molecule has 188 valence electrons. The topological polar surface area (TPSA) is 182 Å². The lowest BCUT2D eigenvalue weighted by atomic mass is 10.0. The maximum atomic E-state index is 12.8. The van der Waals surface area contributed by atoms with Gasteiger partial charge in [0.1, 0.15) is 29.4 Å². The van der Waals surface area contributed by atoms with Crippen molar-refractivity contribution in [1.82, 2.24) is 15.2 Å². The quantitative estimate of drug-likeness (QED) is 0.0725. The molecule has 12 nitrogen and oxygen atoms in total. The molecule has 2 aliphatic heterocycles. The number of carboxylic acid groups (broad SMARTS) is 1.